The smallest absolute Gasteiger partial charge is 0.347 e. The summed E-state index contributed by atoms with van der Waals surface area (Å²) in [5, 5.41) is 0. The van der Waals surface area contributed by atoms with Crippen LogP contribution in [-0.2, 0) is 19.1 Å². The molecule has 0 heterocycles. The number of hydrogen-bond acceptors (Lipinski definition) is 4. The van der Waals surface area contributed by atoms with Crippen LogP contribution >= 0.6 is 0 Å². The zero-order chi connectivity index (χ0) is 16.4. The molecule has 0 saturated heterocycles. The lowest BCUT2D eigenvalue weighted by atomic mass is 9.81. The Balaban J connectivity index is 2.58. The average Bonchev–Trinajstić information content (AvgIpc) is 2.56. The van der Waals surface area contributed by atoms with Crippen LogP contribution in [0.25, 0.3) is 0 Å². The maximum atomic E-state index is 12.1. The molecule has 0 spiro atoms. The predicted octanol–water partition coefficient (Wildman–Crippen LogP) is 3.44. The van der Waals surface area contributed by atoms with Gasteiger partial charge in [0, 0.05) is 12.8 Å². The Hall–Kier alpha value is -1.06. The van der Waals surface area contributed by atoms with E-state index in [0.717, 1.165) is 6.42 Å². The van der Waals surface area contributed by atoms with Crippen LogP contribution in [0, 0.1) is 29.1 Å². The van der Waals surface area contributed by atoms with E-state index in [9.17, 15) is 9.59 Å². The van der Waals surface area contributed by atoms with Gasteiger partial charge < -0.3 is 9.47 Å². The summed E-state index contributed by atoms with van der Waals surface area (Å²) in [4.78, 5) is 23.2. The second-order valence-electron chi connectivity index (χ2n) is 7.50. The van der Waals surface area contributed by atoms with Crippen LogP contribution in [0.3, 0.4) is 0 Å². The van der Waals surface area contributed by atoms with E-state index in [1.807, 2.05) is 13.8 Å². The molecule has 0 radical (unpaired) electrons. The number of hydrogen-bond donors (Lipinski definition) is 0. The van der Waals surface area contributed by atoms with Crippen LogP contribution in [0.4, 0.5) is 0 Å². The van der Waals surface area contributed by atoms with Crippen molar-refractivity contribution in [1.82, 2.24) is 0 Å². The Morgan fingerprint density at radius 3 is 2.19 bits per heavy atom. The maximum Gasteiger partial charge on any atom is 0.347 e. The molecule has 0 aromatic heterocycles. The van der Waals surface area contributed by atoms with Crippen molar-refractivity contribution in [3.8, 4) is 0 Å². The molecule has 1 rings (SSSR count). The highest BCUT2D eigenvalue weighted by atomic mass is 16.6. The van der Waals surface area contributed by atoms with Gasteiger partial charge in [0.25, 0.3) is 0 Å². The summed E-state index contributed by atoms with van der Waals surface area (Å²) in [6.07, 6.45) is 0.257. The van der Waals surface area contributed by atoms with Gasteiger partial charge in [-0.15, -0.1) is 0 Å². The van der Waals surface area contributed by atoms with Crippen molar-refractivity contribution >= 4 is 11.9 Å². The Kier molecular flexibility index (Phi) is 5.83. The van der Waals surface area contributed by atoms with Crippen molar-refractivity contribution in [3.05, 3.63) is 0 Å². The van der Waals surface area contributed by atoms with Crippen LogP contribution in [-0.4, -0.2) is 24.6 Å². The molecule has 4 unspecified atom stereocenters. The first-order valence-corrected chi connectivity index (χ1v) is 7.90. The number of rotatable bonds is 5. The fraction of sp³-hybridized carbons (Fsp3) is 0.882. The van der Waals surface area contributed by atoms with Gasteiger partial charge in [0.15, 0.2) is 0 Å². The maximum absolute atomic E-state index is 12.1. The monoisotopic (exact) mass is 298 g/mol. The number of ether oxygens (including phenoxy) is 2. The number of carbonyl (C=O) groups is 2. The van der Waals surface area contributed by atoms with Crippen LogP contribution in [0.5, 0.6) is 0 Å². The van der Waals surface area contributed by atoms with Gasteiger partial charge in [-0.05, 0) is 29.6 Å². The number of esters is 2. The molecule has 21 heavy (non-hydrogen) atoms. The van der Waals surface area contributed by atoms with E-state index in [0.29, 0.717) is 24.4 Å². The van der Waals surface area contributed by atoms with E-state index < -0.39 is 18.0 Å². The molecule has 122 valence electrons. The van der Waals surface area contributed by atoms with Crippen molar-refractivity contribution < 1.29 is 19.1 Å². The van der Waals surface area contributed by atoms with E-state index in [2.05, 4.69) is 27.7 Å². The van der Waals surface area contributed by atoms with Gasteiger partial charge in [-0.3, -0.25) is 4.79 Å². The Morgan fingerprint density at radius 2 is 1.81 bits per heavy atom. The standard InChI is InChI=1S/C17H30O4/c1-10(2)15(21-13(5)18)16(19)20-9-14-8-17(6,7)12(4)11(14)3/h10-12,14-15H,8-9H2,1-7H3. The number of carbonyl (C=O) groups excluding carboxylic acids is 2. The highest BCUT2D eigenvalue weighted by molar-refractivity contribution is 5.78. The highest BCUT2D eigenvalue weighted by Crippen LogP contribution is 2.49. The zero-order valence-electron chi connectivity index (χ0n) is 14.4. The molecule has 0 aliphatic heterocycles. The van der Waals surface area contributed by atoms with Crippen LogP contribution in [0.1, 0.15) is 54.9 Å². The lowest BCUT2D eigenvalue weighted by Crippen LogP contribution is -2.34. The molecule has 0 N–H and O–H groups in total. The third-order valence-electron chi connectivity index (χ3n) is 5.12. The summed E-state index contributed by atoms with van der Waals surface area (Å²) in [7, 11) is 0. The van der Waals surface area contributed by atoms with Gasteiger partial charge in [-0.1, -0.05) is 41.5 Å². The third kappa shape index (κ3) is 4.45. The highest BCUT2D eigenvalue weighted by Gasteiger charge is 2.43. The van der Waals surface area contributed by atoms with Gasteiger partial charge in [0.1, 0.15) is 0 Å². The molecule has 0 bridgehead atoms. The van der Waals surface area contributed by atoms with E-state index in [1.165, 1.54) is 6.92 Å². The summed E-state index contributed by atoms with van der Waals surface area (Å²) in [6.45, 7) is 14.4. The quantitative estimate of drug-likeness (QED) is 0.730. The van der Waals surface area contributed by atoms with Crippen molar-refractivity contribution in [1.29, 1.82) is 0 Å². The molecule has 4 atom stereocenters. The SMILES string of the molecule is CC(=O)OC(C(=O)OCC1CC(C)(C)C(C)C1C)C(C)C. The minimum Gasteiger partial charge on any atom is -0.463 e. The van der Waals surface area contributed by atoms with Crippen LogP contribution in [0.2, 0.25) is 0 Å². The normalized spacial score (nSPS) is 29.2. The van der Waals surface area contributed by atoms with Gasteiger partial charge in [0.2, 0.25) is 6.10 Å². The van der Waals surface area contributed by atoms with Crippen molar-refractivity contribution in [3.63, 3.8) is 0 Å². The fourth-order valence-electron chi connectivity index (χ4n) is 3.28. The lowest BCUT2D eigenvalue weighted by Gasteiger charge is -2.25. The zero-order valence-corrected chi connectivity index (χ0v) is 14.4. The summed E-state index contributed by atoms with van der Waals surface area (Å²) in [5.41, 5.74) is 0.282. The molecule has 1 fully saturated rings. The first kappa shape index (κ1) is 18.0. The second-order valence-corrected chi connectivity index (χ2v) is 7.50. The second kappa shape index (κ2) is 6.80. The van der Waals surface area contributed by atoms with E-state index in [4.69, 9.17) is 9.47 Å². The summed E-state index contributed by atoms with van der Waals surface area (Å²) in [6, 6.07) is 0. The van der Waals surface area contributed by atoms with Crippen molar-refractivity contribution in [2.24, 2.45) is 29.1 Å². The molecule has 0 aromatic carbocycles. The molecular weight excluding hydrogens is 268 g/mol. The Labute approximate surface area is 128 Å². The molecule has 0 amide bonds. The molecule has 1 saturated carbocycles. The Morgan fingerprint density at radius 1 is 1.24 bits per heavy atom. The molecule has 4 heteroatoms. The minimum absolute atomic E-state index is 0.0854. The fourth-order valence-corrected chi connectivity index (χ4v) is 3.28. The largest absolute Gasteiger partial charge is 0.463 e. The van der Waals surface area contributed by atoms with Gasteiger partial charge in [0.05, 0.1) is 6.61 Å². The molecule has 0 aromatic rings. The van der Waals surface area contributed by atoms with Crippen LogP contribution in [0.15, 0.2) is 0 Å². The Bertz CT molecular complexity index is 386. The minimum atomic E-state index is -0.801. The third-order valence-corrected chi connectivity index (χ3v) is 5.12. The topological polar surface area (TPSA) is 52.6 Å². The first-order valence-electron chi connectivity index (χ1n) is 7.90. The summed E-state index contributed by atoms with van der Waals surface area (Å²) in [5.74, 6) is 0.552. The summed E-state index contributed by atoms with van der Waals surface area (Å²) < 4.78 is 10.5. The van der Waals surface area contributed by atoms with Crippen LogP contribution < -0.4 is 0 Å². The van der Waals surface area contributed by atoms with Crippen molar-refractivity contribution in [2.75, 3.05) is 6.61 Å². The van der Waals surface area contributed by atoms with Gasteiger partial charge in [-0.25, -0.2) is 4.79 Å². The van der Waals surface area contributed by atoms with Crippen molar-refractivity contribution in [2.45, 2.75) is 61.0 Å². The molecule has 4 nitrogen and oxygen atoms in total. The van der Waals surface area contributed by atoms with E-state index >= 15 is 0 Å². The lowest BCUT2D eigenvalue weighted by molar-refractivity contribution is -0.171. The van der Waals surface area contributed by atoms with E-state index in [-0.39, 0.29) is 11.3 Å². The predicted molar refractivity (Wildman–Crippen MR) is 81.6 cm³/mol. The molecular formula is C17H30O4. The van der Waals surface area contributed by atoms with Gasteiger partial charge >= 0.3 is 11.9 Å². The van der Waals surface area contributed by atoms with E-state index in [1.54, 1.807) is 0 Å². The summed E-state index contributed by atoms with van der Waals surface area (Å²) >= 11 is 0. The van der Waals surface area contributed by atoms with Gasteiger partial charge in [-0.2, -0.15) is 0 Å². The average molecular weight is 298 g/mol. The first-order chi connectivity index (χ1) is 9.56. The molecule has 1 aliphatic rings. The molecule has 1 aliphatic carbocycles.